The van der Waals surface area contributed by atoms with Gasteiger partial charge in [0, 0.05) is 13.1 Å². The maximum absolute atomic E-state index is 11.5. The Bertz CT molecular complexity index is 520. The molecule has 17 heavy (non-hydrogen) atoms. The fourth-order valence-electron chi connectivity index (χ4n) is 2.19. The van der Waals surface area contributed by atoms with E-state index < -0.39 is 10.0 Å². The number of rotatable bonds is 2. The maximum atomic E-state index is 11.5. The minimum atomic E-state index is -3.07. The van der Waals surface area contributed by atoms with E-state index >= 15 is 0 Å². The van der Waals surface area contributed by atoms with Gasteiger partial charge in [-0.3, -0.25) is 0 Å². The van der Waals surface area contributed by atoms with Crippen molar-refractivity contribution in [3.8, 4) is 0 Å². The van der Waals surface area contributed by atoms with Crippen molar-refractivity contribution < 1.29 is 8.42 Å². The highest BCUT2D eigenvalue weighted by molar-refractivity contribution is 7.88. The standard InChI is InChI=1S/C13H19NO2S/c1-10(2)12-5-4-11-6-7-14(17(3,15)16)9-13(11)8-12/h4-5,8,10H,6-7,9H2,1-3H3. The second-order valence-corrected chi connectivity index (χ2v) is 7.01. The molecule has 0 N–H and O–H groups in total. The molecule has 0 atom stereocenters. The van der Waals surface area contributed by atoms with Crippen molar-refractivity contribution in [3.63, 3.8) is 0 Å². The third-order valence-corrected chi connectivity index (χ3v) is 4.59. The van der Waals surface area contributed by atoms with Crippen molar-refractivity contribution in [1.29, 1.82) is 0 Å². The first-order valence-electron chi connectivity index (χ1n) is 5.95. The van der Waals surface area contributed by atoms with Crippen molar-refractivity contribution in [2.45, 2.75) is 32.7 Å². The second-order valence-electron chi connectivity index (χ2n) is 5.03. The minimum Gasteiger partial charge on any atom is -0.212 e. The summed E-state index contributed by atoms with van der Waals surface area (Å²) in [7, 11) is -3.07. The summed E-state index contributed by atoms with van der Waals surface area (Å²) in [5, 5.41) is 0. The molecule has 1 aromatic rings. The Hall–Kier alpha value is -0.870. The minimum absolute atomic E-state index is 0.480. The first-order chi connectivity index (χ1) is 7.88. The molecule has 0 fully saturated rings. The molecule has 1 aliphatic heterocycles. The van der Waals surface area contributed by atoms with Crippen molar-refractivity contribution in [1.82, 2.24) is 4.31 Å². The van der Waals surface area contributed by atoms with Crippen molar-refractivity contribution in [3.05, 3.63) is 34.9 Å². The summed E-state index contributed by atoms with van der Waals surface area (Å²) in [5.74, 6) is 0.480. The van der Waals surface area contributed by atoms with Gasteiger partial charge in [0.15, 0.2) is 0 Å². The van der Waals surface area contributed by atoms with Gasteiger partial charge in [-0.25, -0.2) is 8.42 Å². The fraction of sp³-hybridized carbons (Fsp3) is 0.538. The first kappa shape index (κ1) is 12.6. The number of benzene rings is 1. The van der Waals surface area contributed by atoms with E-state index in [1.54, 1.807) is 4.31 Å². The molecule has 94 valence electrons. The molecule has 0 spiro atoms. The highest BCUT2D eigenvalue weighted by atomic mass is 32.2. The monoisotopic (exact) mass is 253 g/mol. The molecule has 0 amide bonds. The Balaban J connectivity index is 2.33. The molecule has 0 saturated heterocycles. The van der Waals surface area contributed by atoms with Gasteiger partial charge in [0.25, 0.3) is 0 Å². The molecular weight excluding hydrogens is 234 g/mol. The van der Waals surface area contributed by atoms with Gasteiger partial charge in [0.2, 0.25) is 10.0 Å². The maximum Gasteiger partial charge on any atom is 0.211 e. The van der Waals surface area contributed by atoms with Crippen LogP contribution < -0.4 is 0 Å². The van der Waals surface area contributed by atoms with Gasteiger partial charge in [-0.1, -0.05) is 32.0 Å². The summed E-state index contributed by atoms with van der Waals surface area (Å²) in [6.07, 6.45) is 2.10. The Morgan fingerprint density at radius 2 is 1.94 bits per heavy atom. The van der Waals surface area contributed by atoms with Crippen LogP contribution in [0.15, 0.2) is 18.2 Å². The molecule has 1 aliphatic rings. The molecule has 4 heteroatoms. The summed E-state index contributed by atoms with van der Waals surface area (Å²) in [4.78, 5) is 0. The third-order valence-electron chi connectivity index (χ3n) is 3.34. The van der Waals surface area contributed by atoms with E-state index in [2.05, 4.69) is 32.0 Å². The summed E-state index contributed by atoms with van der Waals surface area (Å²) in [5.41, 5.74) is 3.72. The lowest BCUT2D eigenvalue weighted by molar-refractivity contribution is 0.394. The smallest absolute Gasteiger partial charge is 0.211 e. The molecule has 0 radical (unpaired) electrons. The number of sulfonamides is 1. The molecule has 3 nitrogen and oxygen atoms in total. The van der Waals surface area contributed by atoms with Crippen molar-refractivity contribution in [2.24, 2.45) is 0 Å². The molecule has 2 rings (SSSR count). The zero-order valence-corrected chi connectivity index (χ0v) is 11.4. The van der Waals surface area contributed by atoms with Gasteiger partial charge in [0.1, 0.15) is 0 Å². The van der Waals surface area contributed by atoms with Gasteiger partial charge in [-0.15, -0.1) is 0 Å². The van der Waals surface area contributed by atoms with Crippen LogP contribution in [0.4, 0.5) is 0 Å². The lowest BCUT2D eigenvalue weighted by Crippen LogP contribution is -2.35. The number of hydrogen-bond donors (Lipinski definition) is 0. The summed E-state index contributed by atoms with van der Waals surface area (Å²) < 4.78 is 24.6. The van der Waals surface area contributed by atoms with Crippen LogP contribution in [-0.4, -0.2) is 25.5 Å². The van der Waals surface area contributed by atoms with Crippen LogP contribution in [0.2, 0.25) is 0 Å². The SMILES string of the molecule is CC(C)c1ccc2c(c1)CN(S(C)(=O)=O)CC2. The molecule has 1 aromatic carbocycles. The average molecular weight is 253 g/mol. The predicted octanol–water partition coefficient (Wildman–Crippen LogP) is 2.13. The first-order valence-corrected chi connectivity index (χ1v) is 7.79. The average Bonchev–Trinajstić information content (AvgIpc) is 2.26. The lowest BCUT2D eigenvalue weighted by atomic mass is 9.94. The fourth-order valence-corrected chi connectivity index (χ4v) is 2.99. The van der Waals surface area contributed by atoms with Crippen LogP contribution in [0.25, 0.3) is 0 Å². The molecule has 0 unspecified atom stereocenters. The zero-order chi connectivity index (χ0) is 12.6. The molecule has 0 bridgehead atoms. The Morgan fingerprint density at radius 3 is 2.53 bits per heavy atom. The number of nitrogens with zero attached hydrogens (tertiary/aromatic N) is 1. The predicted molar refractivity (Wildman–Crippen MR) is 69.5 cm³/mol. The topological polar surface area (TPSA) is 37.4 Å². The summed E-state index contributed by atoms with van der Waals surface area (Å²) >= 11 is 0. The Morgan fingerprint density at radius 1 is 1.24 bits per heavy atom. The van der Waals surface area contributed by atoms with Crippen LogP contribution in [0, 0.1) is 0 Å². The summed E-state index contributed by atoms with van der Waals surface area (Å²) in [6, 6.07) is 6.45. The number of fused-ring (bicyclic) bond motifs is 1. The highest BCUT2D eigenvalue weighted by Gasteiger charge is 2.23. The van der Waals surface area contributed by atoms with Gasteiger partial charge in [0.05, 0.1) is 6.26 Å². The third kappa shape index (κ3) is 2.69. The van der Waals surface area contributed by atoms with Crippen LogP contribution in [-0.2, 0) is 23.0 Å². The van der Waals surface area contributed by atoms with E-state index in [-0.39, 0.29) is 0 Å². The molecule has 0 aliphatic carbocycles. The van der Waals surface area contributed by atoms with Crippen LogP contribution in [0.1, 0.15) is 36.5 Å². The molecule has 0 aromatic heterocycles. The van der Waals surface area contributed by atoms with E-state index in [4.69, 9.17) is 0 Å². The van der Waals surface area contributed by atoms with E-state index in [0.29, 0.717) is 19.0 Å². The zero-order valence-electron chi connectivity index (χ0n) is 10.6. The van der Waals surface area contributed by atoms with Crippen LogP contribution in [0.5, 0.6) is 0 Å². The second kappa shape index (κ2) is 4.42. The van der Waals surface area contributed by atoms with Crippen molar-refractivity contribution in [2.75, 3.05) is 12.8 Å². The Labute approximate surface area is 104 Å². The molecule has 0 saturated carbocycles. The largest absolute Gasteiger partial charge is 0.212 e. The van der Waals surface area contributed by atoms with E-state index in [9.17, 15) is 8.42 Å². The molecule has 1 heterocycles. The molecular formula is C13H19NO2S. The normalized spacial score (nSPS) is 17.2. The van der Waals surface area contributed by atoms with Crippen molar-refractivity contribution >= 4 is 10.0 Å². The quantitative estimate of drug-likeness (QED) is 0.809. The van der Waals surface area contributed by atoms with Gasteiger partial charge in [-0.2, -0.15) is 4.31 Å². The van der Waals surface area contributed by atoms with Crippen LogP contribution in [0.3, 0.4) is 0 Å². The van der Waals surface area contributed by atoms with Gasteiger partial charge < -0.3 is 0 Å². The van der Waals surface area contributed by atoms with E-state index in [1.807, 2.05) is 0 Å². The van der Waals surface area contributed by atoms with E-state index in [1.165, 1.54) is 17.4 Å². The lowest BCUT2D eigenvalue weighted by Gasteiger charge is -2.27. The van der Waals surface area contributed by atoms with Gasteiger partial charge >= 0.3 is 0 Å². The van der Waals surface area contributed by atoms with E-state index in [0.717, 1.165) is 12.0 Å². The Kier molecular flexibility index (Phi) is 3.27. The van der Waals surface area contributed by atoms with Gasteiger partial charge in [-0.05, 0) is 29.0 Å². The number of hydrogen-bond acceptors (Lipinski definition) is 2. The summed E-state index contributed by atoms with van der Waals surface area (Å²) in [6.45, 7) is 5.43. The highest BCUT2D eigenvalue weighted by Crippen LogP contribution is 2.24. The van der Waals surface area contributed by atoms with Crippen LogP contribution >= 0.6 is 0 Å².